The predicted molar refractivity (Wildman–Crippen MR) is 91.9 cm³/mol. The minimum absolute atomic E-state index is 0.0490. The van der Waals surface area contributed by atoms with E-state index in [0.717, 1.165) is 42.9 Å². The average Bonchev–Trinajstić information content (AvgIpc) is 2.85. The highest BCUT2D eigenvalue weighted by molar-refractivity contribution is 5.79. The molecule has 2 heteroatoms. The number of ketones is 1. The van der Waals surface area contributed by atoms with Crippen molar-refractivity contribution in [3.63, 3.8) is 0 Å². The van der Waals surface area contributed by atoms with Crippen LogP contribution in [0, 0.1) is 40.4 Å². The van der Waals surface area contributed by atoms with E-state index in [9.17, 15) is 9.90 Å². The molecule has 4 rings (SSSR count). The average molecular weight is 319 g/mol. The molecule has 130 valence electrons. The van der Waals surface area contributed by atoms with Gasteiger partial charge in [-0.1, -0.05) is 13.8 Å². The van der Waals surface area contributed by atoms with Crippen LogP contribution < -0.4 is 0 Å². The van der Waals surface area contributed by atoms with Crippen LogP contribution in [0.4, 0.5) is 0 Å². The summed E-state index contributed by atoms with van der Waals surface area (Å²) < 4.78 is 0. The molecule has 0 radical (unpaired) electrons. The standard InChI is InChI=1S/C21H34O2/c1-13(22)17-6-7-18-16-5-4-14-12-15(23)8-10-20(14,2)19(16)9-11-21(17,18)3/h14-19,23H,4-12H2,1-3H3/t14?,15?,16-,17-,18+,19+,20-,21+/m0/s1. The maximum atomic E-state index is 12.2. The molecule has 4 aliphatic carbocycles. The third-order valence-electron chi connectivity index (χ3n) is 9.13. The number of hydrogen-bond acceptors (Lipinski definition) is 2. The Morgan fingerprint density at radius 2 is 1.61 bits per heavy atom. The van der Waals surface area contributed by atoms with Crippen LogP contribution >= 0.6 is 0 Å². The molecule has 2 unspecified atom stereocenters. The van der Waals surface area contributed by atoms with Gasteiger partial charge in [0.2, 0.25) is 0 Å². The molecule has 0 aromatic heterocycles. The van der Waals surface area contributed by atoms with Gasteiger partial charge in [0.1, 0.15) is 5.78 Å². The van der Waals surface area contributed by atoms with Crippen molar-refractivity contribution in [2.24, 2.45) is 40.4 Å². The van der Waals surface area contributed by atoms with Gasteiger partial charge in [-0.2, -0.15) is 0 Å². The zero-order valence-corrected chi connectivity index (χ0v) is 15.2. The molecule has 8 atom stereocenters. The lowest BCUT2D eigenvalue weighted by Crippen LogP contribution is -2.54. The van der Waals surface area contributed by atoms with Crippen LogP contribution in [-0.4, -0.2) is 17.0 Å². The summed E-state index contributed by atoms with van der Waals surface area (Å²) in [6.45, 7) is 6.80. The zero-order valence-electron chi connectivity index (χ0n) is 15.2. The molecule has 4 saturated carbocycles. The SMILES string of the molecule is CC(=O)[C@@H]1CC[C@@H]2[C@@H]3CCC4CC(O)CC[C@]4(C)[C@@H]3CC[C@@]21C. The molecule has 0 bridgehead atoms. The highest BCUT2D eigenvalue weighted by Crippen LogP contribution is 2.67. The van der Waals surface area contributed by atoms with Crippen molar-refractivity contribution in [3.05, 3.63) is 0 Å². The Hall–Kier alpha value is -0.370. The van der Waals surface area contributed by atoms with Gasteiger partial charge in [0, 0.05) is 5.92 Å². The topological polar surface area (TPSA) is 37.3 Å². The van der Waals surface area contributed by atoms with Gasteiger partial charge in [-0.3, -0.25) is 4.79 Å². The largest absolute Gasteiger partial charge is 0.393 e. The van der Waals surface area contributed by atoms with Crippen molar-refractivity contribution >= 4 is 5.78 Å². The number of aliphatic hydroxyl groups is 1. The third-order valence-corrected chi connectivity index (χ3v) is 9.13. The summed E-state index contributed by atoms with van der Waals surface area (Å²) in [5, 5.41) is 10.1. The molecule has 4 aliphatic rings. The molecule has 23 heavy (non-hydrogen) atoms. The van der Waals surface area contributed by atoms with E-state index in [4.69, 9.17) is 0 Å². The summed E-state index contributed by atoms with van der Waals surface area (Å²) in [4.78, 5) is 12.2. The lowest BCUT2D eigenvalue weighted by atomic mass is 9.44. The summed E-state index contributed by atoms with van der Waals surface area (Å²) >= 11 is 0. The summed E-state index contributed by atoms with van der Waals surface area (Å²) in [6.07, 6.45) is 10.9. The van der Waals surface area contributed by atoms with Crippen LogP contribution in [0.1, 0.15) is 78.6 Å². The second kappa shape index (κ2) is 5.31. The highest BCUT2D eigenvalue weighted by Gasteiger charge is 2.60. The van der Waals surface area contributed by atoms with Crippen molar-refractivity contribution in [1.29, 1.82) is 0 Å². The molecule has 4 fully saturated rings. The van der Waals surface area contributed by atoms with E-state index in [-0.39, 0.29) is 11.5 Å². The highest BCUT2D eigenvalue weighted by atomic mass is 16.3. The molecule has 0 saturated heterocycles. The van der Waals surface area contributed by atoms with Gasteiger partial charge >= 0.3 is 0 Å². The molecule has 0 aromatic rings. The molecular weight excluding hydrogens is 284 g/mol. The van der Waals surface area contributed by atoms with Gasteiger partial charge in [-0.05, 0) is 99.2 Å². The second-order valence-corrected chi connectivity index (χ2v) is 9.87. The first kappa shape index (κ1) is 16.1. The number of aliphatic hydroxyl groups excluding tert-OH is 1. The monoisotopic (exact) mass is 318 g/mol. The zero-order chi connectivity index (χ0) is 16.4. The summed E-state index contributed by atoms with van der Waals surface area (Å²) in [7, 11) is 0. The Balaban J connectivity index is 1.61. The number of rotatable bonds is 1. The van der Waals surface area contributed by atoms with Crippen LogP contribution in [0.5, 0.6) is 0 Å². The number of hydrogen-bond donors (Lipinski definition) is 1. The Morgan fingerprint density at radius 3 is 2.35 bits per heavy atom. The Labute approximate surface area is 141 Å². The van der Waals surface area contributed by atoms with Crippen molar-refractivity contribution < 1.29 is 9.90 Å². The number of carbonyl (C=O) groups is 1. The Bertz CT molecular complexity index is 500. The Kier molecular flexibility index (Phi) is 3.72. The van der Waals surface area contributed by atoms with E-state index in [1.54, 1.807) is 0 Å². The van der Waals surface area contributed by atoms with Crippen molar-refractivity contribution in [3.8, 4) is 0 Å². The normalized spacial score (nSPS) is 55.7. The number of Topliss-reactive ketones (excluding diaryl/α,β-unsaturated/α-hetero) is 1. The minimum Gasteiger partial charge on any atom is -0.393 e. The molecule has 0 heterocycles. The van der Waals surface area contributed by atoms with E-state index in [1.807, 2.05) is 6.92 Å². The van der Waals surface area contributed by atoms with Crippen LogP contribution in [0.2, 0.25) is 0 Å². The van der Waals surface area contributed by atoms with Gasteiger partial charge in [-0.25, -0.2) is 0 Å². The van der Waals surface area contributed by atoms with Gasteiger partial charge in [-0.15, -0.1) is 0 Å². The molecule has 1 N–H and O–H groups in total. The molecule has 0 amide bonds. The van der Waals surface area contributed by atoms with Gasteiger partial charge in [0.05, 0.1) is 6.10 Å². The van der Waals surface area contributed by atoms with Crippen LogP contribution in [0.25, 0.3) is 0 Å². The number of carbonyl (C=O) groups excluding carboxylic acids is 1. The van der Waals surface area contributed by atoms with Gasteiger partial charge < -0.3 is 5.11 Å². The third kappa shape index (κ3) is 2.19. The van der Waals surface area contributed by atoms with Crippen LogP contribution in [-0.2, 0) is 4.79 Å². The van der Waals surface area contributed by atoms with E-state index < -0.39 is 0 Å². The van der Waals surface area contributed by atoms with Crippen molar-refractivity contribution in [2.45, 2.75) is 84.7 Å². The fraction of sp³-hybridized carbons (Fsp3) is 0.952. The number of fused-ring (bicyclic) bond motifs is 5. The molecule has 2 nitrogen and oxygen atoms in total. The maximum absolute atomic E-state index is 12.2. The molecule has 0 aromatic carbocycles. The summed E-state index contributed by atoms with van der Waals surface area (Å²) in [5.41, 5.74) is 0.738. The molecular formula is C21H34O2. The van der Waals surface area contributed by atoms with E-state index in [1.165, 1.54) is 38.5 Å². The van der Waals surface area contributed by atoms with E-state index >= 15 is 0 Å². The second-order valence-electron chi connectivity index (χ2n) is 9.87. The van der Waals surface area contributed by atoms with Gasteiger partial charge in [0.25, 0.3) is 0 Å². The first-order chi connectivity index (χ1) is 10.9. The smallest absolute Gasteiger partial charge is 0.133 e. The summed E-state index contributed by atoms with van der Waals surface area (Å²) in [5.74, 6) is 3.97. The maximum Gasteiger partial charge on any atom is 0.133 e. The van der Waals surface area contributed by atoms with Crippen molar-refractivity contribution in [2.75, 3.05) is 0 Å². The molecule has 0 aliphatic heterocycles. The first-order valence-electron chi connectivity index (χ1n) is 10.0. The predicted octanol–water partition coefficient (Wildman–Crippen LogP) is 4.60. The van der Waals surface area contributed by atoms with Crippen LogP contribution in [0.3, 0.4) is 0 Å². The first-order valence-corrected chi connectivity index (χ1v) is 10.0. The van der Waals surface area contributed by atoms with Crippen LogP contribution in [0.15, 0.2) is 0 Å². The lowest BCUT2D eigenvalue weighted by molar-refractivity contribution is -0.138. The quantitative estimate of drug-likeness (QED) is 0.767. The Morgan fingerprint density at radius 1 is 0.913 bits per heavy atom. The summed E-state index contributed by atoms with van der Waals surface area (Å²) in [6, 6.07) is 0. The fourth-order valence-electron chi connectivity index (χ4n) is 7.90. The lowest BCUT2D eigenvalue weighted by Gasteiger charge is -2.60. The minimum atomic E-state index is -0.0490. The van der Waals surface area contributed by atoms with E-state index in [2.05, 4.69) is 13.8 Å². The van der Waals surface area contributed by atoms with Gasteiger partial charge in [0.15, 0.2) is 0 Å². The fourth-order valence-corrected chi connectivity index (χ4v) is 7.90. The van der Waals surface area contributed by atoms with E-state index in [0.29, 0.717) is 17.1 Å². The molecule has 0 spiro atoms. The van der Waals surface area contributed by atoms with Crippen molar-refractivity contribution in [1.82, 2.24) is 0 Å².